The molecule has 10 nitrogen and oxygen atoms in total. The van der Waals surface area contributed by atoms with E-state index in [0.717, 1.165) is 5.57 Å². The van der Waals surface area contributed by atoms with Gasteiger partial charge in [-0.25, -0.2) is 9.18 Å². The lowest BCUT2D eigenvalue weighted by Crippen LogP contribution is -2.42. The van der Waals surface area contributed by atoms with E-state index in [2.05, 4.69) is 9.68 Å². The molecule has 2 aromatic rings. The van der Waals surface area contributed by atoms with E-state index in [-0.39, 0.29) is 40.2 Å². The van der Waals surface area contributed by atoms with Crippen LogP contribution in [0.25, 0.3) is 5.57 Å². The SMILES string of the molecule is O=PC[C@@H](O)C(=O)N1CC=C(c2ccc(N3C[C@H](COc4ccon4)OC3=O)cc2F)CC1. The van der Waals surface area contributed by atoms with E-state index in [1.807, 2.05) is 0 Å². The number of halogens is 1. The van der Waals surface area contributed by atoms with Gasteiger partial charge in [-0.3, -0.25) is 14.3 Å². The van der Waals surface area contributed by atoms with E-state index in [4.69, 9.17) is 9.47 Å². The van der Waals surface area contributed by atoms with E-state index in [9.17, 15) is 23.7 Å². The predicted molar refractivity (Wildman–Crippen MR) is 114 cm³/mol. The van der Waals surface area contributed by atoms with Gasteiger partial charge in [0.25, 0.3) is 11.8 Å². The van der Waals surface area contributed by atoms with Gasteiger partial charge in [0.1, 0.15) is 24.8 Å². The van der Waals surface area contributed by atoms with Crippen LogP contribution in [0, 0.1) is 5.82 Å². The van der Waals surface area contributed by atoms with Gasteiger partial charge in [-0.15, -0.1) is 0 Å². The van der Waals surface area contributed by atoms with Crippen molar-refractivity contribution in [1.82, 2.24) is 10.1 Å². The first-order valence-corrected chi connectivity index (χ1v) is 11.2. The molecule has 2 amide bonds. The van der Waals surface area contributed by atoms with E-state index in [0.29, 0.717) is 24.2 Å². The van der Waals surface area contributed by atoms with Crippen molar-refractivity contribution in [3.8, 4) is 5.88 Å². The van der Waals surface area contributed by atoms with Crippen molar-refractivity contribution in [3.05, 3.63) is 48.0 Å². The highest BCUT2D eigenvalue weighted by atomic mass is 31.1. The molecular formula is C21H21FN3O7P. The summed E-state index contributed by atoms with van der Waals surface area (Å²) in [5.74, 6) is -0.724. The fourth-order valence-electron chi connectivity index (χ4n) is 3.68. The molecule has 0 unspecified atom stereocenters. The highest BCUT2D eigenvalue weighted by Crippen LogP contribution is 2.30. The van der Waals surface area contributed by atoms with Gasteiger partial charge in [0.15, 0.2) is 14.6 Å². The minimum Gasteiger partial charge on any atom is -0.471 e. The van der Waals surface area contributed by atoms with Crippen LogP contribution in [-0.4, -0.2) is 71.8 Å². The number of nitrogens with zero attached hydrogens (tertiary/aromatic N) is 3. The molecule has 0 saturated carbocycles. The van der Waals surface area contributed by atoms with Crippen molar-refractivity contribution >= 4 is 31.7 Å². The normalized spacial score (nSPS) is 19.4. The second-order valence-corrected chi connectivity index (χ2v) is 8.14. The Balaban J connectivity index is 1.38. The van der Waals surface area contributed by atoms with Crippen LogP contribution in [0.5, 0.6) is 5.88 Å². The molecule has 0 spiro atoms. The summed E-state index contributed by atoms with van der Waals surface area (Å²) in [5, 5.41) is 13.3. The number of aliphatic hydroxyl groups is 1. The first kappa shape index (κ1) is 22.9. The molecule has 1 aromatic carbocycles. The molecule has 2 aliphatic rings. The first-order valence-electron chi connectivity index (χ1n) is 10.2. The molecule has 1 N–H and O–H groups in total. The Morgan fingerprint density at radius 3 is 2.91 bits per heavy atom. The number of hydrogen-bond acceptors (Lipinski definition) is 8. The number of aromatic nitrogens is 1. The van der Waals surface area contributed by atoms with Crippen LogP contribution in [0.2, 0.25) is 0 Å². The van der Waals surface area contributed by atoms with Gasteiger partial charge >= 0.3 is 6.09 Å². The van der Waals surface area contributed by atoms with Crippen LogP contribution in [0.4, 0.5) is 14.9 Å². The highest BCUT2D eigenvalue weighted by molar-refractivity contribution is 7.23. The Morgan fingerprint density at radius 2 is 2.24 bits per heavy atom. The third-order valence-corrected chi connectivity index (χ3v) is 5.86. The van der Waals surface area contributed by atoms with Crippen LogP contribution in [0.3, 0.4) is 0 Å². The molecule has 3 heterocycles. The van der Waals surface area contributed by atoms with E-state index in [1.54, 1.807) is 18.2 Å². The molecule has 12 heteroatoms. The summed E-state index contributed by atoms with van der Waals surface area (Å²) in [5.41, 5.74) is 1.46. The summed E-state index contributed by atoms with van der Waals surface area (Å²) in [4.78, 5) is 27.1. The molecule has 0 radical (unpaired) electrons. The molecule has 33 heavy (non-hydrogen) atoms. The topological polar surface area (TPSA) is 122 Å². The molecule has 0 aliphatic carbocycles. The Morgan fingerprint density at radius 1 is 1.39 bits per heavy atom. The van der Waals surface area contributed by atoms with Gasteiger partial charge in [-0.05, 0) is 35.3 Å². The maximum Gasteiger partial charge on any atom is 0.414 e. The zero-order valence-electron chi connectivity index (χ0n) is 17.4. The molecular weight excluding hydrogens is 456 g/mol. The van der Waals surface area contributed by atoms with Crippen LogP contribution in [0.15, 0.2) is 41.1 Å². The Labute approximate surface area is 189 Å². The summed E-state index contributed by atoms with van der Waals surface area (Å²) in [7, 11) is -0.301. The van der Waals surface area contributed by atoms with Crippen LogP contribution in [-0.2, 0) is 14.1 Å². The van der Waals surface area contributed by atoms with Gasteiger partial charge in [-0.1, -0.05) is 6.08 Å². The largest absolute Gasteiger partial charge is 0.471 e. The fourth-order valence-corrected chi connectivity index (χ4v) is 3.98. The van der Waals surface area contributed by atoms with Gasteiger partial charge in [-0.2, -0.15) is 0 Å². The second kappa shape index (κ2) is 10.1. The number of anilines is 1. The van der Waals surface area contributed by atoms with Crippen molar-refractivity contribution in [3.63, 3.8) is 0 Å². The molecule has 1 saturated heterocycles. The quantitative estimate of drug-likeness (QED) is 0.576. The number of benzene rings is 1. The summed E-state index contributed by atoms with van der Waals surface area (Å²) < 4.78 is 40.8. The van der Waals surface area contributed by atoms with Crippen molar-refractivity contribution in [2.24, 2.45) is 0 Å². The number of carbonyl (C=O) groups excluding carboxylic acids is 2. The average Bonchev–Trinajstić information content (AvgIpc) is 3.47. The number of aliphatic hydroxyl groups excluding tert-OH is 1. The molecule has 174 valence electrons. The van der Waals surface area contributed by atoms with Crippen LogP contribution >= 0.6 is 8.46 Å². The number of ether oxygens (including phenoxy) is 2. The van der Waals surface area contributed by atoms with Crippen molar-refractivity contribution in [2.75, 3.05) is 37.3 Å². The monoisotopic (exact) mass is 477 g/mol. The van der Waals surface area contributed by atoms with E-state index >= 15 is 0 Å². The summed E-state index contributed by atoms with van der Waals surface area (Å²) in [6.45, 7) is 0.805. The Bertz CT molecular complexity index is 1060. The third kappa shape index (κ3) is 5.20. The van der Waals surface area contributed by atoms with Crippen molar-refractivity contribution in [2.45, 2.75) is 18.6 Å². The fraction of sp³-hybridized carbons (Fsp3) is 0.381. The minimum atomic E-state index is -1.32. The lowest BCUT2D eigenvalue weighted by atomic mass is 9.98. The standard InChI is InChI=1S/C21H21FN3O7P/c22-17-9-14(25-10-15(32-21(25)28)11-30-19-5-8-31-23-19)1-2-16(17)13-3-6-24(7-4-13)20(27)18(26)12-33-29/h1-3,5,8-9,15,18,26H,4,6-7,10-12H2/t15-,18-/m1/s1. The number of carbonyl (C=O) groups is 2. The summed E-state index contributed by atoms with van der Waals surface area (Å²) in [6.07, 6.45) is 0.867. The number of hydrogen-bond donors (Lipinski definition) is 1. The first-order chi connectivity index (χ1) is 16.0. The third-order valence-electron chi connectivity index (χ3n) is 5.37. The average molecular weight is 477 g/mol. The second-order valence-electron chi connectivity index (χ2n) is 7.52. The molecule has 1 fully saturated rings. The van der Waals surface area contributed by atoms with Crippen LogP contribution < -0.4 is 9.64 Å². The number of amides is 2. The maximum absolute atomic E-state index is 14.9. The highest BCUT2D eigenvalue weighted by Gasteiger charge is 2.33. The summed E-state index contributed by atoms with van der Waals surface area (Å²) in [6, 6.07) is 6.03. The molecule has 0 bridgehead atoms. The van der Waals surface area contributed by atoms with Crippen LogP contribution in [0.1, 0.15) is 12.0 Å². The van der Waals surface area contributed by atoms with Crippen molar-refractivity contribution < 1.29 is 37.6 Å². The predicted octanol–water partition coefficient (Wildman–Crippen LogP) is 2.49. The smallest absolute Gasteiger partial charge is 0.414 e. The van der Waals surface area contributed by atoms with Crippen molar-refractivity contribution in [1.29, 1.82) is 0 Å². The maximum atomic E-state index is 14.9. The molecule has 4 rings (SSSR count). The molecule has 2 aliphatic heterocycles. The van der Waals surface area contributed by atoms with Gasteiger partial charge in [0.05, 0.1) is 18.4 Å². The lowest BCUT2D eigenvalue weighted by molar-refractivity contribution is -0.138. The van der Waals surface area contributed by atoms with Gasteiger partial charge in [0, 0.05) is 24.7 Å². The molecule has 1 aromatic heterocycles. The Hall–Kier alpha value is -3.30. The number of cyclic esters (lactones) is 1. The summed E-state index contributed by atoms with van der Waals surface area (Å²) >= 11 is 0. The molecule has 2 atom stereocenters. The van der Waals surface area contributed by atoms with E-state index in [1.165, 1.54) is 28.2 Å². The van der Waals surface area contributed by atoms with Gasteiger partial charge < -0.3 is 24.0 Å². The zero-order chi connectivity index (χ0) is 23.4. The lowest BCUT2D eigenvalue weighted by Gasteiger charge is -2.28. The zero-order valence-corrected chi connectivity index (χ0v) is 18.3. The minimum absolute atomic E-state index is 0.0839. The van der Waals surface area contributed by atoms with Gasteiger partial charge in [0.2, 0.25) is 0 Å². The Kier molecular flexibility index (Phi) is 7.00. The van der Waals surface area contributed by atoms with E-state index < -0.39 is 30.0 Å². The number of rotatable bonds is 8.